The zero-order valence-electron chi connectivity index (χ0n) is 14.9. The summed E-state index contributed by atoms with van der Waals surface area (Å²) < 4.78 is 5.81. The Balaban J connectivity index is 1.49. The van der Waals surface area contributed by atoms with Crippen LogP contribution in [0.2, 0.25) is 0 Å². The molecule has 1 aliphatic rings. The van der Waals surface area contributed by atoms with Crippen LogP contribution < -0.4 is 4.74 Å². The second-order valence-electron chi connectivity index (χ2n) is 6.34. The zero-order valence-corrected chi connectivity index (χ0v) is 14.9. The van der Waals surface area contributed by atoms with Gasteiger partial charge in [-0.05, 0) is 36.8 Å². The predicted octanol–water partition coefficient (Wildman–Crippen LogP) is 2.78. The van der Waals surface area contributed by atoms with Gasteiger partial charge in [-0.3, -0.25) is 14.9 Å². The predicted molar refractivity (Wildman–Crippen MR) is 99.1 cm³/mol. The van der Waals surface area contributed by atoms with E-state index in [0.29, 0.717) is 19.0 Å². The van der Waals surface area contributed by atoms with Crippen LogP contribution in [0, 0.1) is 17.0 Å². The molecule has 1 amide bonds. The van der Waals surface area contributed by atoms with Gasteiger partial charge in [0, 0.05) is 50.2 Å². The van der Waals surface area contributed by atoms with Crippen molar-refractivity contribution < 1.29 is 14.5 Å². The van der Waals surface area contributed by atoms with Gasteiger partial charge in [0.25, 0.3) is 5.69 Å². The summed E-state index contributed by atoms with van der Waals surface area (Å²) in [5, 5.41) is 18.6. The minimum absolute atomic E-state index is 0.0182. The number of hydrogen-bond acceptors (Lipinski definition) is 6. The Labute approximate surface area is 156 Å². The molecule has 27 heavy (non-hydrogen) atoms. The second-order valence-corrected chi connectivity index (χ2v) is 6.34. The SMILES string of the molecule is Cc1ccc(OC2CCN(C(=O)/C=C/c3ccc([N+](=O)[O-])cc3)CC2)nn1. The summed E-state index contributed by atoms with van der Waals surface area (Å²) in [7, 11) is 0. The van der Waals surface area contributed by atoms with E-state index in [4.69, 9.17) is 4.74 Å². The highest BCUT2D eigenvalue weighted by Crippen LogP contribution is 2.18. The minimum Gasteiger partial charge on any atom is -0.473 e. The number of carbonyl (C=O) groups excluding carboxylic acids is 1. The number of nitrogens with zero attached hydrogens (tertiary/aromatic N) is 4. The Kier molecular flexibility index (Phi) is 5.75. The summed E-state index contributed by atoms with van der Waals surface area (Å²) in [5.74, 6) is 0.422. The fourth-order valence-corrected chi connectivity index (χ4v) is 2.79. The number of rotatable bonds is 5. The van der Waals surface area contributed by atoms with Gasteiger partial charge in [-0.15, -0.1) is 5.10 Å². The summed E-state index contributed by atoms with van der Waals surface area (Å²) in [6, 6.07) is 9.72. The molecule has 0 spiro atoms. The van der Waals surface area contributed by atoms with E-state index in [-0.39, 0.29) is 17.7 Å². The molecule has 140 valence electrons. The average Bonchev–Trinajstić information content (AvgIpc) is 2.69. The van der Waals surface area contributed by atoms with Crippen LogP contribution in [0.5, 0.6) is 5.88 Å². The summed E-state index contributed by atoms with van der Waals surface area (Å²) in [6.07, 6.45) is 4.63. The van der Waals surface area contributed by atoms with E-state index < -0.39 is 4.92 Å². The minimum atomic E-state index is -0.451. The molecule has 0 aliphatic carbocycles. The standard InChI is InChI=1S/C19H20N4O4/c1-14-2-8-18(21-20-14)27-17-10-12-22(13-11-17)19(24)9-5-15-3-6-16(7-4-15)23(25)26/h2-9,17H,10-13H2,1H3/b9-5+. The number of likely N-dealkylation sites (tertiary alicyclic amines) is 1. The number of carbonyl (C=O) groups is 1. The highest BCUT2D eigenvalue weighted by Gasteiger charge is 2.23. The molecule has 0 radical (unpaired) electrons. The Morgan fingerprint density at radius 2 is 1.89 bits per heavy atom. The van der Waals surface area contributed by atoms with Crippen molar-refractivity contribution in [3.05, 3.63) is 63.8 Å². The van der Waals surface area contributed by atoms with Gasteiger partial charge in [0.15, 0.2) is 0 Å². The molecular formula is C19H20N4O4. The van der Waals surface area contributed by atoms with Crippen molar-refractivity contribution in [3.63, 3.8) is 0 Å². The maximum Gasteiger partial charge on any atom is 0.269 e. The molecule has 2 aromatic rings. The summed E-state index contributed by atoms with van der Waals surface area (Å²) in [5.41, 5.74) is 1.60. The summed E-state index contributed by atoms with van der Waals surface area (Å²) in [6.45, 7) is 3.08. The third-order valence-corrected chi connectivity index (χ3v) is 4.34. The molecular weight excluding hydrogens is 348 g/mol. The third kappa shape index (κ3) is 5.10. The lowest BCUT2D eigenvalue weighted by Gasteiger charge is -2.31. The van der Waals surface area contributed by atoms with E-state index in [0.717, 1.165) is 24.1 Å². The number of nitro benzene ring substituents is 1. The summed E-state index contributed by atoms with van der Waals surface area (Å²) in [4.78, 5) is 24.3. The van der Waals surface area contributed by atoms with Crippen molar-refractivity contribution in [1.29, 1.82) is 0 Å². The van der Waals surface area contributed by atoms with Crippen LogP contribution in [0.4, 0.5) is 5.69 Å². The molecule has 8 heteroatoms. The van der Waals surface area contributed by atoms with Crippen LogP contribution >= 0.6 is 0 Å². The molecule has 0 saturated carbocycles. The molecule has 2 heterocycles. The molecule has 0 bridgehead atoms. The van der Waals surface area contributed by atoms with E-state index in [9.17, 15) is 14.9 Å². The largest absolute Gasteiger partial charge is 0.473 e. The molecule has 0 N–H and O–H groups in total. The van der Waals surface area contributed by atoms with E-state index in [2.05, 4.69) is 10.2 Å². The fourth-order valence-electron chi connectivity index (χ4n) is 2.79. The number of hydrogen-bond donors (Lipinski definition) is 0. The fraction of sp³-hybridized carbons (Fsp3) is 0.316. The zero-order chi connectivity index (χ0) is 19.2. The smallest absolute Gasteiger partial charge is 0.269 e. The lowest BCUT2D eigenvalue weighted by molar-refractivity contribution is -0.384. The maximum atomic E-state index is 12.3. The highest BCUT2D eigenvalue weighted by molar-refractivity contribution is 5.91. The number of non-ortho nitro benzene ring substituents is 1. The molecule has 1 aromatic heterocycles. The Hall–Kier alpha value is -3.29. The van der Waals surface area contributed by atoms with Gasteiger partial charge in [-0.25, -0.2) is 0 Å². The molecule has 3 rings (SSSR count). The Morgan fingerprint density at radius 1 is 1.19 bits per heavy atom. The van der Waals surface area contributed by atoms with Gasteiger partial charge in [0.2, 0.25) is 11.8 Å². The lowest BCUT2D eigenvalue weighted by Crippen LogP contribution is -2.41. The van der Waals surface area contributed by atoms with E-state index in [1.807, 2.05) is 13.0 Å². The molecule has 8 nitrogen and oxygen atoms in total. The van der Waals surface area contributed by atoms with Crippen LogP contribution in [0.15, 0.2) is 42.5 Å². The number of aromatic nitrogens is 2. The number of piperidine rings is 1. The molecule has 1 saturated heterocycles. The number of amides is 1. The van der Waals surface area contributed by atoms with E-state index in [1.165, 1.54) is 18.2 Å². The number of benzene rings is 1. The van der Waals surface area contributed by atoms with Gasteiger partial charge in [0.1, 0.15) is 6.10 Å². The van der Waals surface area contributed by atoms with Crippen molar-refractivity contribution in [2.24, 2.45) is 0 Å². The van der Waals surface area contributed by atoms with Crippen molar-refractivity contribution in [1.82, 2.24) is 15.1 Å². The van der Waals surface area contributed by atoms with Crippen LogP contribution in [0.1, 0.15) is 24.1 Å². The van der Waals surface area contributed by atoms with E-state index >= 15 is 0 Å². The second kappa shape index (κ2) is 8.39. The van der Waals surface area contributed by atoms with Crippen molar-refractivity contribution in [3.8, 4) is 5.88 Å². The van der Waals surface area contributed by atoms with Gasteiger partial charge in [-0.2, -0.15) is 5.10 Å². The van der Waals surface area contributed by atoms with Crippen molar-refractivity contribution in [2.45, 2.75) is 25.9 Å². The first-order valence-corrected chi connectivity index (χ1v) is 8.70. The van der Waals surface area contributed by atoms with Crippen molar-refractivity contribution >= 4 is 17.7 Å². The first-order valence-electron chi connectivity index (χ1n) is 8.70. The molecule has 1 aromatic carbocycles. The van der Waals surface area contributed by atoms with Crippen LogP contribution in [0.25, 0.3) is 6.08 Å². The monoisotopic (exact) mass is 368 g/mol. The normalized spacial score (nSPS) is 15.1. The lowest BCUT2D eigenvalue weighted by atomic mass is 10.1. The summed E-state index contributed by atoms with van der Waals surface area (Å²) >= 11 is 0. The molecule has 0 unspecified atom stereocenters. The topological polar surface area (TPSA) is 98.5 Å². The maximum absolute atomic E-state index is 12.3. The molecule has 1 fully saturated rings. The number of nitro groups is 1. The highest BCUT2D eigenvalue weighted by atomic mass is 16.6. The van der Waals surface area contributed by atoms with Gasteiger partial charge in [0.05, 0.1) is 10.6 Å². The first kappa shape index (κ1) is 18.5. The Bertz CT molecular complexity index is 826. The average molecular weight is 368 g/mol. The van der Waals surface area contributed by atoms with Gasteiger partial charge < -0.3 is 9.64 Å². The number of aryl methyl sites for hydroxylation is 1. The molecule has 0 atom stereocenters. The van der Waals surface area contributed by atoms with Gasteiger partial charge >= 0.3 is 0 Å². The first-order chi connectivity index (χ1) is 13.0. The number of ether oxygens (including phenoxy) is 1. The molecule has 1 aliphatic heterocycles. The van der Waals surface area contributed by atoms with Crippen LogP contribution in [-0.4, -0.2) is 45.1 Å². The van der Waals surface area contributed by atoms with E-state index in [1.54, 1.807) is 29.2 Å². The third-order valence-electron chi connectivity index (χ3n) is 4.34. The van der Waals surface area contributed by atoms with Crippen molar-refractivity contribution in [2.75, 3.05) is 13.1 Å². The van der Waals surface area contributed by atoms with Gasteiger partial charge in [-0.1, -0.05) is 0 Å². The Morgan fingerprint density at radius 3 is 2.48 bits per heavy atom. The van der Waals surface area contributed by atoms with Crippen LogP contribution in [-0.2, 0) is 4.79 Å². The quantitative estimate of drug-likeness (QED) is 0.457. The van der Waals surface area contributed by atoms with Crippen LogP contribution in [0.3, 0.4) is 0 Å².